The molecule has 0 saturated heterocycles. The Kier molecular flexibility index (Phi) is 24.9. The maximum absolute atomic E-state index is 10.8. The number of benzene rings is 1. The van der Waals surface area contributed by atoms with Crippen molar-refractivity contribution in [2.24, 2.45) is 0 Å². The van der Waals surface area contributed by atoms with Crippen LogP contribution in [0.15, 0.2) is 18.2 Å². The molecule has 3 N–H and O–H groups in total. The fourth-order valence-electron chi connectivity index (χ4n) is 1.99. The molecule has 150 valence electrons. The van der Waals surface area contributed by atoms with E-state index in [4.69, 9.17) is 14.9 Å². The molecule has 0 heterocycles. The van der Waals surface area contributed by atoms with Gasteiger partial charge in [-0.05, 0) is 48.4 Å². The molecule has 0 aliphatic rings. The molecule has 0 aromatic heterocycles. The van der Waals surface area contributed by atoms with Crippen molar-refractivity contribution in [2.75, 3.05) is 32.1 Å². The van der Waals surface area contributed by atoms with Crippen molar-refractivity contribution in [3.63, 3.8) is 0 Å². The molecule has 1 aromatic carbocycles. The van der Waals surface area contributed by atoms with Crippen LogP contribution in [0.3, 0.4) is 0 Å². The third-order valence-corrected chi connectivity index (χ3v) is 5.01. The first kappa shape index (κ1) is 40.4. The van der Waals surface area contributed by atoms with Gasteiger partial charge in [0.2, 0.25) is 0 Å². The third-order valence-electron chi connectivity index (χ3n) is 3.47. The average molecular weight is 502 g/mol. The molecule has 0 amide bonds. The van der Waals surface area contributed by atoms with Gasteiger partial charge in [0, 0.05) is 0 Å². The Hall–Kier alpha value is 3.20. The summed E-state index contributed by atoms with van der Waals surface area (Å²) in [5.74, 6) is 0.0936. The molecule has 30 heavy (non-hydrogen) atoms. The van der Waals surface area contributed by atoms with Crippen LogP contribution < -0.4 is 143 Å². The quantitative estimate of drug-likeness (QED) is 0.193. The van der Waals surface area contributed by atoms with Gasteiger partial charge in [-0.2, -0.15) is 0 Å². The molecule has 0 saturated carbocycles. The summed E-state index contributed by atoms with van der Waals surface area (Å²) in [6, 6.07) is 4.20. The predicted octanol–water partition coefficient (Wildman–Crippen LogP) is -15.3. The van der Waals surface area contributed by atoms with Crippen LogP contribution in [-0.4, -0.2) is 53.1 Å². The SMILES string of the molecule is O=P([O-])([O-])CCc1cc(CCP(=O)([O-])[O-])cc(OCC(O)(CO)CO)c1.[Na+].[Na+].[Na+].[Na+]. The normalized spacial score (nSPS) is 11.3. The van der Waals surface area contributed by atoms with Crippen molar-refractivity contribution < 1.29 is 167 Å². The summed E-state index contributed by atoms with van der Waals surface area (Å²) in [5.41, 5.74) is -1.20. The van der Waals surface area contributed by atoms with Crippen LogP contribution in [0.2, 0.25) is 0 Å². The Bertz CT molecular complexity index is 649. The first-order chi connectivity index (χ1) is 11.9. The Morgan fingerprint density at radius 2 is 1.17 bits per heavy atom. The number of aryl methyl sites for hydroxylation is 2. The molecular weight excluding hydrogens is 482 g/mol. The Balaban J connectivity index is -0.000000845. The zero-order chi connectivity index (χ0) is 20.0. The molecule has 0 unspecified atom stereocenters. The molecule has 10 nitrogen and oxygen atoms in total. The van der Waals surface area contributed by atoms with Crippen molar-refractivity contribution in [2.45, 2.75) is 18.4 Å². The van der Waals surface area contributed by atoms with Gasteiger partial charge in [-0.15, -0.1) is 0 Å². The monoisotopic (exact) mass is 502 g/mol. The second-order valence-electron chi connectivity index (χ2n) is 5.98. The van der Waals surface area contributed by atoms with Gasteiger partial charge in [0.1, 0.15) is 18.0 Å². The van der Waals surface area contributed by atoms with Crippen LogP contribution in [0.4, 0.5) is 0 Å². The molecule has 0 aliphatic heterocycles. The van der Waals surface area contributed by atoms with Gasteiger partial charge in [-0.25, -0.2) is 0 Å². The van der Waals surface area contributed by atoms with E-state index in [2.05, 4.69) is 0 Å². The standard InChI is InChI=1S/C14H24O10P2.4Na/c15-8-14(17,9-16)10-24-13-6-11(1-3-25(18,19)20)5-12(7-13)2-4-26(21,22)23;;;;/h5-7,15-17H,1-4,8-10H2,(H2,18,19,20)(H2,21,22,23);;;;/q;4*+1/p-4. The van der Waals surface area contributed by atoms with Crippen LogP contribution >= 0.6 is 15.2 Å². The Morgan fingerprint density at radius 1 is 0.800 bits per heavy atom. The van der Waals surface area contributed by atoms with Gasteiger partial charge in [-0.3, -0.25) is 0 Å². The van der Waals surface area contributed by atoms with E-state index >= 15 is 0 Å². The van der Waals surface area contributed by atoms with E-state index in [1.807, 2.05) is 0 Å². The van der Waals surface area contributed by atoms with Crippen LogP contribution in [-0.2, 0) is 22.0 Å². The predicted molar refractivity (Wildman–Crippen MR) is 83.4 cm³/mol. The Morgan fingerprint density at radius 3 is 1.47 bits per heavy atom. The molecule has 0 atom stereocenters. The molecule has 0 fully saturated rings. The van der Waals surface area contributed by atoms with Gasteiger partial charge in [0.05, 0.1) is 13.2 Å². The minimum absolute atomic E-state index is 0. The van der Waals surface area contributed by atoms with Crippen LogP contribution in [0, 0.1) is 0 Å². The minimum Gasteiger partial charge on any atom is -0.811 e. The molecule has 0 aliphatic carbocycles. The number of aliphatic hydroxyl groups excluding tert-OH is 2. The van der Waals surface area contributed by atoms with E-state index < -0.39 is 52.9 Å². The van der Waals surface area contributed by atoms with Crippen molar-refractivity contribution in [1.29, 1.82) is 0 Å². The van der Waals surface area contributed by atoms with Gasteiger partial charge in [-0.1, -0.05) is 21.3 Å². The average Bonchev–Trinajstić information content (AvgIpc) is 2.55. The molecule has 0 bridgehead atoms. The van der Waals surface area contributed by atoms with E-state index in [1.165, 1.54) is 18.2 Å². The number of rotatable bonds is 11. The summed E-state index contributed by atoms with van der Waals surface area (Å²) in [5, 5.41) is 27.8. The second-order valence-corrected chi connectivity index (χ2v) is 9.32. The number of ether oxygens (including phenoxy) is 1. The fourth-order valence-corrected chi connectivity index (χ4v) is 3.06. The molecular formula is C14H20Na4O10P2. The summed E-state index contributed by atoms with van der Waals surface area (Å²) >= 11 is 0. The van der Waals surface area contributed by atoms with Crippen LogP contribution in [0.5, 0.6) is 5.75 Å². The first-order valence-corrected chi connectivity index (χ1v) is 11.0. The third kappa shape index (κ3) is 18.5. The maximum Gasteiger partial charge on any atom is 1.00 e. The summed E-state index contributed by atoms with van der Waals surface area (Å²) in [7, 11) is -9.49. The topological polar surface area (TPSA) is 196 Å². The van der Waals surface area contributed by atoms with Crippen molar-refractivity contribution in [3.05, 3.63) is 29.3 Å². The Labute approximate surface area is 264 Å². The van der Waals surface area contributed by atoms with Crippen LogP contribution in [0.1, 0.15) is 11.1 Å². The molecule has 0 radical (unpaired) electrons. The zero-order valence-corrected chi connectivity index (χ0v) is 27.6. The largest absolute Gasteiger partial charge is 1.00 e. The summed E-state index contributed by atoms with van der Waals surface area (Å²) in [6.07, 6.45) is -1.61. The van der Waals surface area contributed by atoms with Crippen molar-refractivity contribution >= 4 is 15.2 Å². The smallest absolute Gasteiger partial charge is 0.811 e. The van der Waals surface area contributed by atoms with Crippen molar-refractivity contribution in [3.8, 4) is 5.75 Å². The van der Waals surface area contributed by atoms with Crippen LogP contribution in [0.25, 0.3) is 0 Å². The van der Waals surface area contributed by atoms with Crippen molar-refractivity contribution in [1.82, 2.24) is 0 Å². The van der Waals surface area contributed by atoms with Gasteiger partial charge < -0.3 is 48.8 Å². The number of hydrogen-bond donors (Lipinski definition) is 3. The van der Waals surface area contributed by atoms with Gasteiger partial charge >= 0.3 is 118 Å². The second kappa shape index (κ2) is 18.5. The molecule has 1 rings (SSSR count). The fraction of sp³-hybridized carbons (Fsp3) is 0.571. The number of hydrogen-bond acceptors (Lipinski definition) is 10. The molecule has 0 spiro atoms. The van der Waals surface area contributed by atoms with E-state index in [0.29, 0.717) is 11.1 Å². The summed E-state index contributed by atoms with van der Waals surface area (Å²) in [4.78, 5) is 43.2. The van der Waals surface area contributed by atoms with E-state index in [1.54, 1.807) is 0 Å². The van der Waals surface area contributed by atoms with Gasteiger partial charge in [0.15, 0.2) is 0 Å². The maximum atomic E-state index is 10.8. The van der Waals surface area contributed by atoms with E-state index in [9.17, 15) is 33.8 Å². The minimum atomic E-state index is -4.75. The number of aliphatic hydroxyl groups is 3. The molecule has 1 aromatic rings. The van der Waals surface area contributed by atoms with E-state index in [-0.39, 0.29) is 137 Å². The zero-order valence-electron chi connectivity index (χ0n) is 17.8. The van der Waals surface area contributed by atoms with Gasteiger partial charge in [0.25, 0.3) is 0 Å². The first-order valence-electron chi connectivity index (χ1n) is 7.58. The summed E-state index contributed by atoms with van der Waals surface area (Å²) in [6.45, 7) is -2.05. The van der Waals surface area contributed by atoms with E-state index in [0.717, 1.165) is 0 Å². The summed E-state index contributed by atoms with van der Waals surface area (Å²) < 4.78 is 26.9. The molecule has 16 heteroatoms.